The standard InChI is InChI=1S/C13H22BrN3O/c1-3-4-5-6-7-8-9-15-11-10-16-17(2)13(18)12(11)14/h10,15H,3-9H2,1-2H3. The topological polar surface area (TPSA) is 46.9 Å². The summed E-state index contributed by atoms with van der Waals surface area (Å²) in [6, 6.07) is 0. The molecule has 0 aromatic carbocycles. The molecule has 0 radical (unpaired) electrons. The third kappa shape index (κ3) is 4.80. The largest absolute Gasteiger partial charge is 0.383 e. The first kappa shape index (κ1) is 15.2. The zero-order chi connectivity index (χ0) is 13.4. The Kier molecular flexibility index (Phi) is 7.01. The van der Waals surface area contributed by atoms with E-state index in [9.17, 15) is 4.79 Å². The second-order valence-corrected chi connectivity index (χ2v) is 5.29. The maximum absolute atomic E-state index is 11.6. The van der Waals surface area contributed by atoms with E-state index in [1.54, 1.807) is 13.2 Å². The number of rotatable bonds is 8. The van der Waals surface area contributed by atoms with Crippen LogP contribution in [-0.4, -0.2) is 16.3 Å². The number of hydrogen-bond donors (Lipinski definition) is 1. The molecule has 1 aromatic rings. The summed E-state index contributed by atoms with van der Waals surface area (Å²) in [5.41, 5.74) is 0.676. The Morgan fingerprint density at radius 3 is 2.67 bits per heavy atom. The molecule has 1 N–H and O–H groups in total. The molecule has 0 unspecified atom stereocenters. The maximum atomic E-state index is 11.6. The number of nitrogens with one attached hydrogen (secondary N) is 1. The number of anilines is 1. The highest BCUT2D eigenvalue weighted by Gasteiger charge is 2.05. The molecule has 0 amide bonds. The monoisotopic (exact) mass is 315 g/mol. The Balaban J connectivity index is 2.28. The fourth-order valence-electron chi connectivity index (χ4n) is 1.76. The van der Waals surface area contributed by atoms with Crippen LogP contribution >= 0.6 is 15.9 Å². The van der Waals surface area contributed by atoms with Crippen molar-refractivity contribution in [3.05, 3.63) is 21.0 Å². The lowest BCUT2D eigenvalue weighted by atomic mass is 10.1. The lowest BCUT2D eigenvalue weighted by Gasteiger charge is -2.08. The van der Waals surface area contributed by atoms with E-state index in [0.717, 1.165) is 18.7 Å². The predicted molar refractivity (Wildman–Crippen MR) is 79.0 cm³/mol. The molecule has 0 aliphatic rings. The summed E-state index contributed by atoms with van der Waals surface area (Å²) >= 11 is 3.30. The van der Waals surface area contributed by atoms with Crippen LogP contribution in [0.3, 0.4) is 0 Å². The molecular formula is C13H22BrN3O. The Labute approximate surface area is 117 Å². The summed E-state index contributed by atoms with van der Waals surface area (Å²) in [6.45, 7) is 3.11. The van der Waals surface area contributed by atoms with E-state index in [1.165, 1.54) is 36.8 Å². The van der Waals surface area contributed by atoms with Crippen LogP contribution in [0.4, 0.5) is 5.69 Å². The quantitative estimate of drug-likeness (QED) is 0.749. The molecule has 5 heteroatoms. The Morgan fingerprint density at radius 2 is 1.94 bits per heavy atom. The van der Waals surface area contributed by atoms with Crippen LogP contribution < -0.4 is 10.9 Å². The predicted octanol–water partition coefficient (Wildman–Crippen LogP) is 3.32. The van der Waals surface area contributed by atoms with Crippen LogP contribution in [0.15, 0.2) is 15.5 Å². The van der Waals surface area contributed by atoms with E-state index in [0.29, 0.717) is 4.47 Å². The van der Waals surface area contributed by atoms with Crippen LogP contribution in [0.1, 0.15) is 45.4 Å². The minimum atomic E-state index is -0.108. The molecule has 0 aliphatic heterocycles. The van der Waals surface area contributed by atoms with Crippen molar-refractivity contribution in [2.45, 2.75) is 45.4 Å². The van der Waals surface area contributed by atoms with E-state index in [-0.39, 0.29) is 5.56 Å². The van der Waals surface area contributed by atoms with Crippen molar-refractivity contribution < 1.29 is 0 Å². The number of aryl methyl sites for hydroxylation is 1. The van der Waals surface area contributed by atoms with E-state index in [2.05, 4.69) is 33.3 Å². The average molecular weight is 316 g/mol. The van der Waals surface area contributed by atoms with Crippen molar-refractivity contribution in [1.29, 1.82) is 0 Å². The molecule has 0 bridgehead atoms. The zero-order valence-corrected chi connectivity index (χ0v) is 12.8. The maximum Gasteiger partial charge on any atom is 0.282 e. The fraction of sp³-hybridized carbons (Fsp3) is 0.692. The zero-order valence-electron chi connectivity index (χ0n) is 11.2. The summed E-state index contributed by atoms with van der Waals surface area (Å²) in [4.78, 5) is 11.6. The van der Waals surface area contributed by atoms with Gasteiger partial charge in [-0.1, -0.05) is 39.0 Å². The highest BCUT2D eigenvalue weighted by molar-refractivity contribution is 9.10. The number of halogens is 1. The Hall–Kier alpha value is -0.840. The Bertz CT molecular complexity index is 417. The molecule has 102 valence electrons. The molecule has 0 saturated heterocycles. The van der Waals surface area contributed by atoms with Crippen molar-refractivity contribution in [2.75, 3.05) is 11.9 Å². The number of nitrogens with zero attached hydrogens (tertiary/aromatic N) is 2. The van der Waals surface area contributed by atoms with Gasteiger partial charge in [0.2, 0.25) is 0 Å². The van der Waals surface area contributed by atoms with Crippen molar-refractivity contribution in [2.24, 2.45) is 7.05 Å². The van der Waals surface area contributed by atoms with Crippen LogP contribution in [0.5, 0.6) is 0 Å². The SMILES string of the molecule is CCCCCCCCNc1cnn(C)c(=O)c1Br. The van der Waals surface area contributed by atoms with Gasteiger partial charge in [0, 0.05) is 13.6 Å². The first-order valence-electron chi connectivity index (χ1n) is 6.62. The first-order chi connectivity index (χ1) is 8.66. The lowest BCUT2D eigenvalue weighted by molar-refractivity contribution is 0.616. The van der Waals surface area contributed by atoms with Crippen molar-refractivity contribution in [3.8, 4) is 0 Å². The second-order valence-electron chi connectivity index (χ2n) is 4.50. The normalized spacial score (nSPS) is 10.6. The molecule has 0 saturated carbocycles. The van der Waals surface area contributed by atoms with Crippen molar-refractivity contribution in [3.63, 3.8) is 0 Å². The van der Waals surface area contributed by atoms with Gasteiger partial charge in [0.15, 0.2) is 0 Å². The number of aromatic nitrogens is 2. The third-order valence-corrected chi connectivity index (χ3v) is 3.69. The van der Waals surface area contributed by atoms with Crippen LogP contribution in [0, 0.1) is 0 Å². The number of unbranched alkanes of at least 4 members (excludes halogenated alkanes) is 5. The molecule has 18 heavy (non-hydrogen) atoms. The summed E-state index contributed by atoms with van der Waals surface area (Å²) in [5.74, 6) is 0. The van der Waals surface area contributed by atoms with E-state index >= 15 is 0 Å². The molecule has 0 fully saturated rings. The third-order valence-electron chi connectivity index (χ3n) is 2.92. The van der Waals surface area contributed by atoms with Gasteiger partial charge in [-0.3, -0.25) is 4.79 Å². The van der Waals surface area contributed by atoms with Gasteiger partial charge in [0.05, 0.1) is 11.9 Å². The van der Waals surface area contributed by atoms with Crippen molar-refractivity contribution in [1.82, 2.24) is 9.78 Å². The highest BCUT2D eigenvalue weighted by atomic mass is 79.9. The van der Waals surface area contributed by atoms with Gasteiger partial charge in [-0.25, -0.2) is 4.68 Å². The molecule has 1 heterocycles. The summed E-state index contributed by atoms with van der Waals surface area (Å²) in [6.07, 6.45) is 9.29. The van der Waals surface area contributed by atoms with E-state index in [1.807, 2.05) is 0 Å². The summed E-state index contributed by atoms with van der Waals surface area (Å²) < 4.78 is 1.88. The van der Waals surface area contributed by atoms with Gasteiger partial charge < -0.3 is 5.32 Å². The molecule has 1 aromatic heterocycles. The molecular weight excluding hydrogens is 294 g/mol. The average Bonchev–Trinajstić information content (AvgIpc) is 2.37. The molecule has 0 aliphatic carbocycles. The Morgan fingerprint density at radius 1 is 1.28 bits per heavy atom. The number of hydrogen-bond acceptors (Lipinski definition) is 3. The van der Waals surface area contributed by atoms with Crippen molar-refractivity contribution >= 4 is 21.6 Å². The fourth-order valence-corrected chi connectivity index (χ4v) is 2.26. The van der Waals surface area contributed by atoms with Gasteiger partial charge in [-0.15, -0.1) is 0 Å². The second kappa shape index (κ2) is 8.29. The van der Waals surface area contributed by atoms with E-state index in [4.69, 9.17) is 0 Å². The smallest absolute Gasteiger partial charge is 0.282 e. The van der Waals surface area contributed by atoms with Gasteiger partial charge in [-0.05, 0) is 22.4 Å². The van der Waals surface area contributed by atoms with Gasteiger partial charge in [-0.2, -0.15) is 5.10 Å². The van der Waals surface area contributed by atoms with Crippen LogP contribution in [-0.2, 0) is 7.05 Å². The highest BCUT2D eigenvalue weighted by Crippen LogP contribution is 2.16. The first-order valence-corrected chi connectivity index (χ1v) is 7.41. The molecule has 0 spiro atoms. The molecule has 0 atom stereocenters. The minimum Gasteiger partial charge on any atom is -0.383 e. The van der Waals surface area contributed by atoms with Gasteiger partial charge in [0.1, 0.15) is 4.47 Å². The van der Waals surface area contributed by atoms with E-state index < -0.39 is 0 Å². The van der Waals surface area contributed by atoms with Crippen LogP contribution in [0.2, 0.25) is 0 Å². The minimum absolute atomic E-state index is 0.108. The summed E-state index contributed by atoms with van der Waals surface area (Å²) in [5, 5.41) is 7.24. The molecule has 4 nitrogen and oxygen atoms in total. The summed E-state index contributed by atoms with van der Waals surface area (Å²) in [7, 11) is 1.64. The molecule has 1 rings (SSSR count). The lowest BCUT2D eigenvalue weighted by Crippen LogP contribution is -2.21. The van der Waals surface area contributed by atoms with Crippen LogP contribution in [0.25, 0.3) is 0 Å². The van der Waals surface area contributed by atoms with Gasteiger partial charge >= 0.3 is 0 Å². The van der Waals surface area contributed by atoms with Gasteiger partial charge in [0.25, 0.3) is 5.56 Å².